The third-order valence-corrected chi connectivity index (χ3v) is 17.6. The molecule has 2 rings (SSSR count). The molecule has 0 radical (unpaired) electrons. The third-order valence-electron chi connectivity index (χ3n) is 8.66. The van der Waals surface area contributed by atoms with E-state index in [0.29, 0.717) is 17.9 Å². The van der Waals surface area contributed by atoms with E-state index >= 15 is 0 Å². The van der Waals surface area contributed by atoms with E-state index in [1.807, 2.05) is 0 Å². The summed E-state index contributed by atoms with van der Waals surface area (Å²) in [4.78, 5) is 12.6. The summed E-state index contributed by atoms with van der Waals surface area (Å²) >= 11 is 0. The Bertz CT molecular complexity index is 768. The standard InChI is InChI=1S/C28H50O3Si2/c1-21-24(26(20-25(21)29)31-33(10,11)28(5,6)7)18-17-23(19-22-15-13-12-14-16-22)30-32(8,9)27(2,3)4/h22-24,26H,1,12-16,19-20H2,2-11H3/t23-,24-,26-/m1/s1. The normalized spacial score (nSPS) is 24.5. The highest BCUT2D eigenvalue weighted by Gasteiger charge is 2.45. The molecule has 33 heavy (non-hydrogen) atoms. The summed E-state index contributed by atoms with van der Waals surface area (Å²) in [5.74, 6) is 7.58. The van der Waals surface area contributed by atoms with Crippen LogP contribution in [0.2, 0.25) is 36.3 Å². The molecular weight excluding hydrogens is 440 g/mol. The average Bonchev–Trinajstić information content (AvgIpc) is 2.91. The van der Waals surface area contributed by atoms with Crippen molar-refractivity contribution in [3.8, 4) is 11.8 Å². The molecule has 0 amide bonds. The molecule has 0 unspecified atom stereocenters. The van der Waals surface area contributed by atoms with Gasteiger partial charge in [-0.05, 0) is 48.6 Å². The number of rotatable bonds is 6. The van der Waals surface area contributed by atoms with Crippen molar-refractivity contribution in [2.45, 2.75) is 135 Å². The summed E-state index contributed by atoms with van der Waals surface area (Å²) in [7, 11) is -3.97. The zero-order valence-corrected chi connectivity index (χ0v) is 25.2. The van der Waals surface area contributed by atoms with Crippen LogP contribution in [0, 0.1) is 23.7 Å². The molecule has 5 heteroatoms. The smallest absolute Gasteiger partial charge is 0.193 e. The van der Waals surface area contributed by atoms with Gasteiger partial charge in [0.2, 0.25) is 0 Å². The molecule has 0 spiro atoms. The van der Waals surface area contributed by atoms with Crippen LogP contribution in [-0.4, -0.2) is 34.6 Å². The molecule has 2 aliphatic carbocycles. The predicted octanol–water partition coefficient (Wildman–Crippen LogP) is 7.89. The quantitative estimate of drug-likeness (QED) is 0.216. The summed E-state index contributed by atoms with van der Waals surface area (Å²) in [5, 5.41) is 0.229. The van der Waals surface area contributed by atoms with Crippen molar-refractivity contribution in [2.75, 3.05) is 0 Å². The van der Waals surface area contributed by atoms with E-state index in [0.717, 1.165) is 6.42 Å². The Hall–Kier alpha value is -0.676. The van der Waals surface area contributed by atoms with Crippen LogP contribution in [0.25, 0.3) is 0 Å². The second-order valence-corrected chi connectivity index (χ2v) is 23.0. The van der Waals surface area contributed by atoms with E-state index in [1.54, 1.807) is 0 Å². The van der Waals surface area contributed by atoms with Crippen LogP contribution in [0.15, 0.2) is 12.2 Å². The van der Waals surface area contributed by atoms with Gasteiger partial charge < -0.3 is 8.85 Å². The molecule has 0 heterocycles. The minimum absolute atomic E-state index is 0.0778. The molecule has 0 N–H and O–H groups in total. The van der Waals surface area contributed by atoms with Crippen molar-refractivity contribution >= 4 is 22.4 Å². The molecule has 0 saturated heterocycles. The molecular formula is C28H50O3Si2. The van der Waals surface area contributed by atoms with E-state index in [4.69, 9.17) is 8.85 Å². The molecule has 0 aliphatic heterocycles. The lowest BCUT2D eigenvalue weighted by Gasteiger charge is -2.39. The van der Waals surface area contributed by atoms with Gasteiger partial charge in [0.25, 0.3) is 0 Å². The summed E-state index contributed by atoms with van der Waals surface area (Å²) in [6, 6.07) is 0. The lowest BCUT2D eigenvalue weighted by atomic mass is 9.85. The molecule has 3 nitrogen and oxygen atoms in total. The van der Waals surface area contributed by atoms with Gasteiger partial charge in [-0.2, -0.15) is 0 Å². The summed E-state index contributed by atoms with van der Waals surface area (Å²) < 4.78 is 13.5. The van der Waals surface area contributed by atoms with Gasteiger partial charge >= 0.3 is 0 Å². The molecule has 0 aromatic carbocycles. The molecule has 0 aromatic rings. The monoisotopic (exact) mass is 490 g/mol. The topological polar surface area (TPSA) is 35.5 Å². The third kappa shape index (κ3) is 7.40. The molecule has 188 valence electrons. The lowest BCUT2D eigenvalue weighted by Crippen LogP contribution is -2.45. The van der Waals surface area contributed by atoms with Crippen molar-refractivity contribution in [3.63, 3.8) is 0 Å². The number of hydrogen-bond donors (Lipinski definition) is 0. The summed E-state index contributed by atoms with van der Waals surface area (Å²) in [5.41, 5.74) is 0.620. The highest BCUT2D eigenvalue weighted by Crippen LogP contribution is 2.42. The Labute approximate surface area is 206 Å². The molecule has 2 saturated carbocycles. The van der Waals surface area contributed by atoms with Gasteiger partial charge in [0.05, 0.1) is 12.0 Å². The summed E-state index contributed by atoms with van der Waals surface area (Å²) in [6.45, 7) is 26.8. The predicted molar refractivity (Wildman–Crippen MR) is 145 cm³/mol. The van der Waals surface area contributed by atoms with Crippen molar-refractivity contribution in [3.05, 3.63) is 12.2 Å². The van der Waals surface area contributed by atoms with Crippen LogP contribution in [0.3, 0.4) is 0 Å². The molecule has 2 aliphatic rings. The van der Waals surface area contributed by atoms with E-state index in [2.05, 4.69) is 86.2 Å². The van der Waals surface area contributed by atoms with E-state index in [1.165, 1.54) is 32.1 Å². The Morgan fingerprint density at radius 1 is 0.970 bits per heavy atom. The first-order valence-corrected chi connectivity index (χ1v) is 18.8. The minimum atomic E-state index is -2.01. The molecule has 0 aromatic heterocycles. The van der Waals surface area contributed by atoms with Crippen molar-refractivity contribution in [2.24, 2.45) is 11.8 Å². The van der Waals surface area contributed by atoms with Gasteiger partial charge in [-0.1, -0.05) is 92.1 Å². The first kappa shape index (κ1) is 28.6. The van der Waals surface area contributed by atoms with Crippen LogP contribution >= 0.6 is 0 Å². The fourth-order valence-corrected chi connectivity index (χ4v) is 6.80. The average molecular weight is 491 g/mol. The van der Waals surface area contributed by atoms with Crippen LogP contribution in [0.1, 0.15) is 86.5 Å². The number of carbonyl (C=O) groups excluding carboxylic acids is 1. The fraction of sp³-hybridized carbons (Fsp3) is 0.821. The Morgan fingerprint density at radius 2 is 1.52 bits per heavy atom. The number of ketones is 1. The number of hydrogen-bond acceptors (Lipinski definition) is 3. The minimum Gasteiger partial charge on any atom is -0.412 e. The van der Waals surface area contributed by atoms with E-state index in [9.17, 15) is 4.79 Å². The largest absolute Gasteiger partial charge is 0.412 e. The Balaban J connectivity index is 2.29. The van der Waals surface area contributed by atoms with Crippen LogP contribution in [0.5, 0.6) is 0 Å². The number of carbonyl (C=O) groups is 1. The lowest BCUT2D eigenvalue weighted by molar-refractivity contribution is -0.115. The van der Waals surface area contributed by atoms with Gasteiger partial charge in [-0.15, -0.1) is 0 Å². The fourth-order valence-electron chi connectivity index (χ4n) is 4.25. The zero-order chi connectivity index (χ0) is 25.2. The van der Waals surface area contributed by atoms with E-state index < -0.39 is 16.6 Å². The summed E-state index contributed by atoms with van der Waals surface area (Å²) in [6.07, 6.45) is 7.71. The van der Waals surface area contributed by atoms with Crippen LogP contribution in [-0.2, 0) is 13.6 Å². The number of Topliss-reactive ketones (excluding diaryl/α,β-unsaturated/α-hetero) is 1. The highest BCUT2D eigenvalue weighted by molar-refractivity contribution is 6.74. The SMILES string of the molecule is C=C1C(=O)C[C@@H](O[Si](C)(C)C(C)(C)C)[C@@H]1C#C[C@H](CC1CCCCC1)O[Si](C)(C)C(C)(C)C. The van der Waals surface area contributed by atoms with Gasteiger partial charge in [-0.3, -0.25) is 4.79 Å². The molecule has 2 fully saturated rings. The van der Waals surface area contributed by atoms with E-state index in [-0.39, 0.29) is 34.0 Å². The van der Waals surface area contributed by atoms with Crippen molar-refractivity contribution in [1.29, 1.82) is 0 Å². The first-order valence-electron chi connectivity index (χ1n) is 13.0. The Kier molecular flexibility index (Phi) is 9.11. The van der Waals surface area contributed by atoms with Crippen LogP contribution in [0.4, 0.5) is 0 Å². The van der Waals surface area contributed by atoms with Gasteiger partial charge in [-0.25, -0.2) is 0 Å². The van der Waals surface area contributed by atoms with Gasteiger partial charge in [0.15, 0.2) is 22.4 Å². The maximum absolute atomic E-state index is 12.6. The second-order valence-electron chi connectivity index (χ2n) is 13.4. The van der Waals surface area contributed by atoms with Gasteiger partial charge in [0.1, 0.15) is 6.10 Å². The highest BCUT2D eigenvalue weighted by atomic mass is 28.4. The van der Waals surface area contributed by atoms with Crippen molar-refractivity contribution in [1.82, 2.24) is 0 Å². The van der Waals surface area contributed by atoms with Crippen molar-refractivity contribution < 1.29 is 13.6 Å². The second kappa shape index (κ2) is 10.5. The van der Waals surface area contributed by atoms with Crippen LogP contribution < -0.4 is 0 Å². The maximum Gasteiger partial charge on any atom is 0.193 e. The Morgan fingerprint density at radius 3 is 2.03 bits per heavy atom. The van der Waals surface area contributed by atoms with Gasteiger partial charge in [0, 0.05) is 12.0 Å². The molecule has 0 bridgehead atoms. The first-order chi connectivity index (χ1) is 14.9. The molecule has 3 atom stereocenters. The zero-order valence-electron chi connectivity index (χ0n) is 23.2. The maximum atomic E-state index is 12.6.